The van der Waals surface area contributed by atoms with Gasteiger partial charge in [0.15, 0.2) is 0 Å². The highest BCUT2D eigenvalue weighted by Crippen LogP contribution is 2.29. The van der Waals surface area contributed by atoms with E-state index in [0.717, 1.165) is 5.56 Å². The van der Waals surface area contributed by atoms with E-state index in [0.29, 0.717) is 13.0 Å². The monoisotopic (exact) mass is 234 g/mol. The maximum absolute atomic E-state index is 11.4. The molecule has 1 aromatic heterocycles. The first-order chi connectivity index (χ1) is 7.72. The lowest BCUT2D eigenvalue weighted by molar-refractivity contribution is -0.142. The molecule has 2 aromatic rings. The van der Waals surface area contributed by atoms with E-state index in [-0.39, 0.29) is 5.97 Å². The lowest BCUT2D eigenvalue weighted by Gasteiger charge is -2.01. The second-order valence-corrected chi connectivity index (χ2v) is 4.57. The molecule has 0 aliphatic heterocycles. The summed E-state index contributed by atoms with van der Waals surface area (Å²) < 4.78 is 6.23. The average molecular weight is 234 g/mol. The van der Waals surface area contributed by atoms with Crippen LogP contribution in [0.15, 0.2) is 23.6 Å². The van der Waals surface area contributed by atoms with Crippen LogP contribution in [-0.4, -0.2) is 12.6 Å². The zero-order chi connectivity index (χ0) is 11.5. The van der Waals surface area contributed by atoms with Crippen LogP contribution in [0.25, 0.3) is 10.1 Å². The van der Waals surface area contributed by atoms with Crippen LogP contribution in [0.4, 0.5) is 0 Å². The van der Waals surface area contributed by atoms with E-state index in [2.05, 4.69) is 24.4 Å². The quantitative estimate of drug-likeness (QED) is 0.761. The third kappa shape index (κ3) is 2.09. The predicted molar refractivity (Wildman–Crippen MR) is 66.9 cm³/mol. The van der Waals surface area contributed by atoms with Crippen molar-refractivity contribution in [3.8, 4) is 0 Å². The van der Waals surface area contributed by atoms with Gasteiger partial charge in [0.25, 0.3) is 0 Å². The van der Waals surface area contributed by atoms with Crippen molar-refractivity contribution in [2.45, 2.75) is 20.3 Å². The van der Waals surface area contributed by atoms with E-state index in [1.165, 1.54) is 15.6 Å². The lowest BCUT2D eigenvalue weighted by atomic mass is 10.1. The van der Waals surface area contributed by atoms with E-state index in [9.17, 15) is 4.79 Å². The van der Waals surface area contributed by atoms with Crippen molar-refractivity contribution in [2.75, 3.05) is 6.61 Å². The second-order valence-electron chi connectivity index (χ2n) is 3.69. The Bertz CT molecular complexity index is 514. The number of thiophene rings is 1. The highest BCUT2D eigenvalue weighted by Gasteiger charge is 2.10. The molecule has 0 bridgehead atoms. The molecule has 16 heavy (non-hydrogen) atoms. The number of benzene rings is 1. The van der Waals surface area contributed by atoms with Crippen molar-refractivity contribution in [1.82, 2.24) is 0 Å². The number of carbonyl (C=O) groups excluding carboxylic acids is 1. The van der Waals surface area contributed by atoms with Gasteiger partial charge < -0.3 is 4.74 Å². The largest absolute Gasteiger partial charge is 0.466 e. The van der Waals surface area contributed by atoms with Gasteiger partial charge in [-0.05, 0) is 35.7 Å². The number of esters is 1. The molecule has 2 nitrogen and oxygen atoms in total. The SMILES string of the molecule is CCOC(=O)Cc1csc2c(C)cccc12. The smallest absolute Gasteiger partial charge is 0.310 e. The Morgan fingerprint density at radius 2 is 2.25 bits per heavy atom. The summed E-state index contributed by atoms with van der Waals surface area (Å²) >= 11 is 1.69. The molecule has 0 N–H and O–H groups in total. The van der Waals surface area contributed by atoms with E-state index >= 15 is 0 Å². The Balaban J connectivity index is 2.32. The van der Waals surface area contributed by atoms with Crippen LogP contribution in [0, 0.1) is 6.92 Å². The molecule has 0 unspecified atom stereocenters. The minimum Gasteiger partial charge on any atom is -0.466 e. The molecule has 3 heteroatoms. The van der Waals surface area contributed by atoms with Gasteiger partial charge in [0.05, 0.1) is 13.0 Å². The number of ether oxygens (including phenoxy) is 1. The van der Waals surface area contributed by atoms with Gasteiger partial charge >= 0.3 is 5.97 Å². The van der Waals surface area contributed by atoms with Crippen molar-refractivity contribution in [2.24, 2.45) is 0 Å². The highest BCUT2D eigenvalue weighted by molar-refractivity contribution is 7.17. The first-order valence-corrected chi connectivity index (χ1v) is 6.21. The highest BCUT2D eigenvalue weighted by atomic mass is 32.1. The molecule has 0 atom stereocenters. The first-order valence-electron chi connectivity index (χ1n) is 5.33. The Hall–Kier alpha value is -1.35. The number of aryl methyl sites for hydroxylation is 1. The number of hydrogen-bond donors (Lipinski definition) is 0. The second kappa shape index (κ2) is 4.66. The van der Waals surface area contributed by atoms with Gasteiger partial charge in [0, 0.05) is 4.70 Å². The molecule has 2 rings (SSSR count). The summed E-state index contributed by atoms with van der Waals surface area (Å²) in [5.41, 5.74) is 2.33. The topological polar surface area (TPSA) is 26.3 Å². The Morgan fingerprint density at radius 1 is 1.44 bits per heavy atom. The molecule has 0 amide bonds. The maximum atomic E-state index is 11.4. The fourth-order valence-corrected chi connectivity index (χ4v) is 2.81. The minimum absolute atomic E-state index is 0.149. The Morgan fingerprint density at radius 3 is 3.00 bits per heavy atom. The van der Waals surface area contributed by atoms with Crippen LogP contribution in [0.5, 0.6) is 0 Å². The van der Waals surface area contributed by atoms with Gasteiger partial charge in [-0.3, -0.25) is 4.79 Å². The van der Waals surface area contributed by atoms with Crippen LogP contribution >= 0.6 is 11.3 Å². The predicted octanol–water partition coefficient (Wildman–Crippen LogP) is 3.32. The van der Waals surface area contributed by atoms with Crippen molar-refractivity contribution in [3.05, 3.63) is 34.7 Å². The summed E-state index contributed by atoms with van der Waals surface area (Å²) in [5.74, 6) is -0.149. The Labute approximate surface area is 98.9 Å². The van der Waals surface area contributed by atoms with E-state index in [1.54, 1.807) is 11.3 Å². The lowest BCUT2D eigenvalue weighted by Crippen LogP contribution is -2.06. The van der Waals surface area contributed by atoms with Gasteiger partial charge in [-0.25, -0.2) is 0 Å². The number of fused-ring (bicyclic) bond motifs is 1. The van der Waals surface area contributed by atoms with Crippen molar-refractivity contribution in [1.29, 1.82) is 0 Å². The molecule has 0 aliphatic rings. The molecular formula is C13H14O2S. The third-order valence-electron chi connectivity index (χ3n) is 2.52. The molecule has 1 aromatic carbocycles. The van der Waals surface area contributed by atoms with Crippen LogP contribution in [0.2, 0.25) is 0 Å². The summed E-state index contributed by atoms with van der Waals surface area (Å²) in [6.45, 7) is 4.36. The van der Waals surface area contributed by atoms with Gasteiger partial charge in [0.1, 0.15) is 0 Å². The van der Waals surface area contributed by atoms with Crippen LogP contribution in [0.3, 0.4) is 0 Å². The molecule has 0 radical (unpaired) electrons. The zero-order valence-electron chi connectivity index (χ0n) is 9.45. The van der Waals surface area contributed by atoms with E-state index in [1.807, 2.05) is 13.0 Å². The van der Waals surface area contributed by atoms with Gasteiger partial charge in [-0.2, -0.15) is 0 Å². The summed E-state index contributed by atoms with van der Waals surface area (Å²) in [5, 5.41) is 3.23. The fraction of sp³-hybridized carbons (Fsp3) is 0.308. The van der Waals surface area contributed by atoms with Gasteiger partial charge in [-0.15, -0.1) is 11.3 Å². The van der Waals surface area contributed by atoms with Crippen LogP contribution in [0.1, 0.15) is 18.1 Å². The van der Waals surface area contributed by atoms with Crippen molar-refractivity contribution >= 4 is 27.4 Å². The molecule has 0 spiro atoms. The molecule has 84 valence electrons. The summed E-state index contributed by atoms with van der Waals surface area (Å²) in [6, 6.07) is 6.18. The average Bonchev–Trinajstić information content (AvgIpc) is 2.64. The van der Waals surface area contributed by atoms with E-state index in [4.69, 9.17) is 4.74 Å². The van der Waals surface area contributed by atoms with Crippen LogP contribution < -0.4 is 0 Å². The third-order valence-corrected chi connectivity index (χ3v) is 3.70. The van der Waals surface area contributed by atoms with Gasteiger partial charge in [0.2, 0.25) is 0 Å². The zero-order valence-corrected chi connectivity index (χ0v) is 10.3. The fourth-order valence-electron chi connectivity index (χ4n) is 1.76. The molecule has 1 heterocycles. The molecule has 0 aliphatic carbocycles. The maximum Gasteiger partial charge on any atom is 0.310 e. The Kier molecular flexibility index (Phi) is 3.25. The molecule has 0 saturated carbocycles. The normalized spacial score (nSPS) is 10.6. The molecule has 0 saturated heterocycles. The number of hydrogen-bond acceptors (Lipinski definition) is 3. The van der Waals surface area contributed by atoms with Crippen molar-refractivity contribution < 1.29 is 9.53 Å². The number of carbonyl (C=O) groups is 1. The van der Waals surface area contributed by atoms with Crippen molar-refractivity contribution in [3.63, 3.8) is 0 Å². The van der Waals surface area contributed by atoms with Gasteiger partial charge in [-0.1, -0.05) is 18.2 Å². The van der Waals surface area contributed by atoms with Crippen LogP contribution in [-0.2, 0) is 16.0 Å². The standard InChI is InChI=1S/C13H14O2S/c1-3-15-12(14)7-10-8-16-13-9(2)5-4-6-11(10)13/h4-6,8H,3,7H2,1-2H3. The summed E-state index contributed by atoms with van der Waals surface area (Å²) in [6.07, 6.45) is 0.372. The van der Waals surface area contributed by atoms with E-state index < -0.39 is 0 Å². The first kappa shape index (κ1) is 11.1. The summed E-state index contributed by atoms with van der Waals surface area (Å²) in [4.78, 5) is 11.4. The minimum atomic E-state index is -0.149. The molecule has 0 fully saturated rings. The molecular weight excluding hydrogens is 220 g/mol. The number of rotatable bonds is 3. The summed E-state index contributed by atoms with van der Waals surface area (Å²) in [7, 11) is 0.